The summed E-state index contributed by atoms with van der Waals surface area (Å²) >= 11 is 0. The lowest BCUT2D eigenvalue weighted by Crippen LogP contribution is -2.10. The van der Waals surface area contributed by atoms with Crippen LogP contribution in [0.15, 0.2) is 0 Å². The molecule has 4 nitrogen and oxygen atoms in total. The van der Waals surface area contributed by atoms with E-state index in [0.717, 1.165) is 0 Å². The van der Waals surface area contributed by atoms with Gasteiger partial charge in [-0.25, -0.2) is 0 Å². The third-order valence-corrected chi connectivity index (χ3v) is 1.53. The summed E-state index contributed by atoms with van der Waals surface area (Å²) in [6.07, 6.45) is 0. The van der Waals surface area contributed by atoms with Crippen molar-refractivity contribution < 1.29 is 14.1 Å². The van der Waals surface area contributed by atoms with Crippen LogP contribution in [0.3, 0.4) is 0 Å². The predicted molar refractivity (Wildman–Crippen MR) is 31.1 cm³/mol. The van der Waals surface area contributed by atoms with Crippen LogP contribution in [0, 0.1) is 11.3 Å². The van der Waals surface area contributed by atoms with Crippen molar-refractivity contribution in [2.75, 3.05) is 11.5 Å². The quantitative estimate of drug-likeness (QED) is 0.575. The van der Waals surface area contributed by atoms with Crippen molar-refractivity contribution in [3.05, 3.63) is 0 Å². The minimum absolute atomic E-state index is 0.202. The molecule has 0 bridgehead atoms. The van der Waals surface area contributed by atoms with Crippen LogP contribution in [-0.4, -0.2) is 26.8 Å². The Kier molecular flexibility index (Phi) is 3.64. The summed E-state index contributed by atoms with van der Waals surface area (Å²) in [6.45, 7) is 0. The molecule has 0 spiro atoms. The lowest BCUT2D eigenvalue weighted by molar-refractivity contribution is -0.133. The van der Waals surface area contributed by atoms with Gasteiger partial charge in [0.05, 0.1) is 6.07 Å². The van der Waals surface area contributed by atoms with E-state index >= 15 is 0 Å². The van der Waals surface area contributed by atoms with Gasteiger partial charge < -0.3 is 5.11 Å². The Morgan fingerprint density at radius 3 is 2.67 bits per heavy atom. The molecule has 0 aromatic carbocycles. The van der Waals surface area contributed by atoms with Crippen LogP contribution in [0.4, 0.5) is 0 Å². The topological polar surface area (TPSA) is 78.2 Å². The van der Waals surface area contributed by atoms with Crippen LogP contribution in [0.2, 0.25) is 0 Å². The van der Waals surface area contributed by atoms with Gasteiger partial charge in [0, 0.05) is 10.8 Å². The fraction of sp³-hybridized carbons (Fsp3) is 0.500. The molecule has 0 amide bonds. The summed E-state index contributed by atoms with van der Waals surface area (Å²) in [5.74, 6) is -1.77. The average Bonchev–Trinajstić information content (AvgIpc) is 1.63. The summed E-state index contributed by atoms with van der Waals surface area (Å²) in [7, 11) is -1.51. The summed E-state index contributed by atoms with van der Waals surface area (Å²) in [6, 6.07) is 1.61. The standard InChI is InChI=1S/C4H5NO3S/c5-1-2-9(8)3-4(6)7/h2-3H2,(H,6,7). The SMILES string of the molecule is N#CCS(=O)CC(=O)O. The molecule has 1 N–H and O–H groups in total. The Balaban J connectivity index is 3.54. The smallest absolute Gasteiger partial charge is 0.316 e. The van der Waals surface area contributed by atoms with Crippen LogP contribution in [0.1, 0.15) is 0 Å². The Bertz CT molecular complexity index is 171. The van der Waals surface area contributed by atoms with Gasteiger partial charge in [-0.15, -0.1) is 0 Å². The molecule has 50 valence electrons. The molecular weight excluding hydrogens is 142 g/mol. The zero-order chi connectivity index (χ0) is 7.28. The highest BCUT2D eigenvalue weighted by Crippen LogP contribution is 1.79. The summed E-state index contributed by atoms with van der Waals surface area (Å²) < 4.78 is 10.4. The fourth-order valence-electron chi connectivity index (χ4n) is 0.261. The molecule has 0 saturated heterocycles. The van der Waals surface area contributed by atoms with E-state index in [9.17, 15) is 9.00 Å². The predicted octanol–water partition coefficient (Wildman–Crippen LogP) is -0.657. The molecule has 0 radical (unpaired) electrons. The lowest BCUT2D eigenvalue weighted by Gasteiger charge is -1.87. The maximum Gasteiger partial charge on any atom is 0.316 e. The molecule has 9 heavy (non-hydrogen) atoms. The molecule has 0 aliphatic heterocycles. The molecule has 0 aliphatic rings. The first kappa shape index (κ1) is 8.11. The molecule has 0 aliphatic carbocycles. The van der Waals surface area contributed by atoms with Crippen LogP contribution < -0.4 is 0 Å². The summed E-state index contributed by atoms with van der Waals surface area (Å²) in [4.78, 5) is 9.78. The first-order chi connectivity index (χ1) is 4.16. The highest BCUT2D eigenvalue weighted by atomic mass is 32.2. The van der Waals surface area contributed by atoms with Gasteiger partial charge in [-0.3, -0.25) is 9.00 Å². The van der Waals surface area contributed by atoms with E-state index in [1.807, 2.05) is 0 Å². The molecule has 5 heteroatoms. The molecule has 0 fully saturated rings. The largest absolute Gasteiger partial charge is 0.481 e. The highest BCUT2D eigenvalue weighted by Gasteiger charge is 2.03. The number of nitriles is 1. The molecule has 1 unspecified atom stereocenters. The maximum absolute atomic E-state index is 10.4. The third-order valence-electron chi connectivity index (χ3n) is 0.510. The van der Waals surface area contributed by atoms with E-state index in [2.05, 4.69) is 0 Å². The van der Waals surface area contributed by atoms with Crippen molar-refractivity contribution >= 4 is 16.8 Å². The van der Waals surface area contributed by atoms with E-state index in [-0.39, 0.29) is 5.75 Å². The second kappa shape index (κ2) is 4.04. The molecular formula is C4H5NO3S. The molecule has 0 rings (SSSR count). The lowest BCUT2D eigenvalue weighted by atomic mass is 10.8. The minimum atomic E-state index is -1.51. The zero-order valence-corrected chi connectivity index (χ0v) is 5.35. The van der Waals surface area contributed by atoms with Gasteiger partial charge in [-0.05, 0) is 0 Å². The van der Waals surface area contributed by atoms with Crippen molar-refractivity contribution in [1.82, 2.24) is 0 Å². The van der Waals surface area contributed by atoms with Crippen molar-refractivity contribution in [1.29, 1.82) is 5.26 Å². The van der Waals surface area contributed by atoms with Crippen LogP contribution >= 0.6 is 0 Å². The molecule has 0 saturated carbocycles. The first-order valence-electron chi connectivity index (χ1n) is 2.10. The number of aliphatic carboxylic acids is 1. The Labute approximate surface area is 54.6 Å². The van der Waals surface area contributed by atoms with Crippen LogP contribution in [0.5, 0.6) is 0 Å². The Hall–Kier alpha value is -0.890. The van der Waals surface area contributed by atoms with Crippen molar-refractivity contribution in [2.45, 2.75) is 0 Å². The second-order valence-corrected chi connectivity index (χ2v) is 2.74. The minimum Gasteiger partial charge on any atom is -0.481 e. The van der Waals surface area contributed by atoms with Gasteiger partial charge in [0.25, 0.3) is 0 Å². The summed E-state index contributed by atoms with van der Waals surface area (Å²) in [5.41, 5.74) is 0. The van der Waals surface area contributed by atoms with Gasteiger partial charge >= 0.3 is 5.97 Å². The van der Waals surface area contributed by atoms with Gasteiger partial charge in [-0.2, -0.15) is 5.26 Å². The van der Waals surface area contributed by atoms with Gasteiger partial charge in [-0.1, -0.05) is 0 Å². The van der Waals surface area contributed by atoms with E-state index in [0.29, 0.717) is 0 Å². The maximum atomic E-state index is 10.4. The van der Waals surface area contributed by atoms with E-state index in [1.54, 1.807) is 6.07 Å². The highest BCUT2D eigenvalue weighted by molar-refractivity contribution is 7.85. The van der Waals surface area contributed by atoms with Gasteiger partial charge in [0.15, 0.2) is 0 Å². The average molecular weight is 147 g/mol. The number of carboxylic acids is 1. The van der Waals surface area contributed by atoms with E-state index in [4.69, 9.17) is 10.4 Å². The zero-order valence-electron chi connectivity index (χ0n) is 4.53. The van der Waals surface area contributed by atoms with E-state index in [1.165, 1.54) is 0 Å². The number of nitrogens with zero attached hydrogens (tertiary/aromatic N) is 1. The van der Waals surface area contributed by atoms with Gasteiger partial charge in [0.1, 0.15) is 11.5 Å². The molecule has 1 atom stereocenters. The Morgan fingerprint density at radius 2 is 2.33 bits per heavy atom. The number of carboxylic acid groups (broad SMARTS) is 1. The number of hydrogen-bond acceptors (Lipinski definition) is 3. The third kappa shape index (κ3) is 4.97. The summed E-state index contributed by atoms with van der Waals surface area (Å²) in [5, 5.41) is 15.9. The molecule has 0 heterocycles. The monoisotopic (exact) mass is 147 g/mol. The van der Waals surface area contributed by atoms with Crippen molar-refractivity contribution in [2.24, 2.45) is 0 Å². The van der Waals surface area contributed by atoms with Gasteiger partial charge in [0.2, 0.25) is 0 Å². The van der Waals surface area contributed by atoms with Crippen molar-refractivity contribution in [3.8, 4) is 6.07 Å². The van der Waals surface area contributed by atoms with Crippen LogP contribution in [0.25, 0.3) is 0 Å². The fourth-order valence-corrected chi connectivity index (χ4v) is 0.782. The number of rotatable bonds is 3. The molecule has 0 aromatic rings. The van der Waals surface area contributed by atoms with Crippen LogP contribution in [-0.2, 0) is 15.6 Å². The number of carbonyl (C=O) groups is 1. The Morgan fingerprint density at radius 1 is 1.78 bits per heavy atom. The normalized spacial score (nSPS) is 11.9. The number of hydrogen-bond donors (Lipinski definition) is 1. The van der Waals surface area contributed by atoms with E-state index < -0.39 is 22.5 Å². The molecule has 0 aromatic heterocycles. The van der Waals surface area contributed by atoms with Crippen molar-refractivity contribution in [3.63, 3.8) is 0 Å². The second-order valence-electron chi connectivity index (χ2n) is 1.28. The first-order valence-corrected chi connectivity index (χ1v) is 3.59.